The molecule has 8 heteroatoms. The summed E-state index contributed by atoms with van der Waals surface area (Å²) in [4.78, 5) is 14.7. The van der Waals surface area contributed by atoms with E-state index in [1.165, 1.54) is 37.9 Å². The summed E-state index contributed by atoms with van der Waals surface area (Å²) < 4.78 is 25.7. The first-order chi connectivity index (χ1) is 12.8. The van der Waals surface area contributed by atoms with Gasteiger partial charge in [0.2, 0.25) is 15.9 Å². The van der Waals surface area contributed by atoms with Gasteiger partial charge in [-0.05, 0) is 42.7 Å². The van der Waals surface area contributed by atoms with Gasteiger partial charge < -0.3 is 10.2 Å². The summed E-state index contributed by atoms with van der Waals surface area (Å²) in [7, 11) is -0.697. The van der Waals surface area contributed by atoms with Crippen molar-refractivity contribution in [2.24, 2.45) is 0 Å². The highest BCUT2D eigenvalue weighted by atomic mass is 35.5. The molecule has 0 saturated carbocycles. The van der Waals surface area contributed by atoms with Crippen LogP contribution < -0.4 is 10.2 Å². The van der Waals surface area contributed by atoms with E-state index in [2.05, 4.69) is 11.4 Å². The molecule has 0 unspecified atom stereocenters. The van der Waals surface area contributed by atoms with Gasteiger partial charge in [-0.25, -0.2) is 12.7 Å². The molecule has 144 valence electrons. The minimum atomic E-state index is -3.61. The summed E-state index contributed by atoms with van der Waals surface area (Å²) in [5.41, 5.74) is 2.58. The monoisotopic (exact) mass is 407 g/mol. The van der Waals surface area contributed by atoms with Crippen LogP contribution >= 0.6 is 11.6 Å². The number of anilines is 2. The summed E-state index contributed by atoms with van der Waals surface area (Å²) in [6, 6.07) is 12.3. The maximum Gasteiger partial charge on any atom is 0.243 e. The number of carbonyl (C=O) groups is 1. The third-order valence-corrected chi connectivity index (χ3v) is 6.67. The second-order valence-corrected chi connectivity index (χ2v) is 9.19. The van der Waals surface area contributed by atoms with Crippen molar-refractivity contribution in [3.63, 3.8) is 0 Å². The second kappa shape index (κ2) is 7.88. The molecule has 0 bridgehead atoms. The van der Waals surface area contributed by atoms with E-state index in [-0.39, 0.29) is 23.0 Å². The van der Waals surface area contributed by atoms with Crippen molar-refractivity contribution in [2.45, 2.75) is 17.7 Å². The zero-order valence-corrected chi connectivity index (χ0v) is 16.8. The number of nitrogens with one attached hydrogen (secondary N) is 1. The van der Waals surface area contributed by atoms with Gasteiger partial charge in [-0.15, -0.1) is 0 Å². The van der Waals surface area contributed by atoms with Gasteiger partial charge in [-0.2, -0.15) is 0 Å². The molecule has 0 saturated heterocycles. The Balaban J connectivity index is 1.77. The molecule has 1 heterocycles. The zero-order chi connectivity index (χ0) is 19.6. The van der Waals surface area contributed by atoms with Gasteiger partial charge in [0.25, 0.3) is 0 Å². The fourth-order valence-electron chi connectivity index (χ4n) is 3.11. The Morgan fingerprint density at radius 1 is 1.22 bits per heavy atom. The molecule has 0 radical (unpaired) electrons. The number of sulfonamides is 1. The number of benzene rings is 2. The third kappa shape index (κ3) is 4.26. The Hall–Kier alpha value is -2.09. The lowest BCUT2D eigenvalue weighted by molar-refractivity contribution is -0.115. The number of rotatable bonds is 5. The normalized spacial score (nSPS) is 14.1. The number of fused-ring (bicyclic) bond motifs is 1. The van der Waals surface area contributed by atoms with Gasteiger partial charge in [0, 0.05) is 26.3 Å². The molecule has 6 nitrogen and oxygen atoms in total. The topological polar surface area (TPSA) is 69.7 Å². The number of hydrogen-bond acceptors (Lipinski definition) is 4. The number of hydrogen-bond donors (Lipinski definition) is 1. The van der Waals surface area contributed by atoms with E-state index >= 15 is 0 Å². The van der Waals surface area contributed by atoms with E-state index in [1.807, 2.05) is 23.1 Å². The van der Waals surface area contributed by atoms with E-state index in [0.717, 1.165) is 29.4 Å². The van der Waals surface area contributed by atoms with E-state index < -0.39 is 10.0 Å². The summed E-state index contributed by atoms with van der Waals surface area (Å²) in [5.74, 6) is -0.243. The van der Waals surface area contributed by atoms with Gasteiger partial charge >= 0.3 is 0 Å². The maximum atomic E-state index is 12.6. The Morgan fingerprint density at radius 3 is 2.70 bits per heavy atom. The smallest absolute Gasteiger partial charge is 0.243 e. The number of halogens is 1. The first-order valence-corrected chi connectivity index (χ1v) is 10.5. The molecule has 2 aromatic rings. The molecule has 27 heavy (non-hydrogen) atoms. The summed E-state index contributed by atoms with van der Waals surface area (Å²) in [6.07, 6.45) is 1.99. The number of para-hydroxylation sites is 1. The first kappa shape index (κ1) is 19.7. The SMILES string of the molecule is CN(C)S(=O)(=O)c1ccc(Cl)c(NC(=O)CN2CCCc3ccccc32)c1. The third-order valence-electron chi connectivity index (χ3n) is 4.53. The highest BCUT2D eigenvalue weighted by Crippen LogP contribution is 2.28. The van der Waals surface area contributed by atoms with Crippen LogP contribution in [0.15, 0.2) is 47.4 Å². The van der Waals surface area contributed by atoms with Crippen LogP contribution in [0.5, 0.6) is 0 Å². The molecule has 1 amide bonds. The van der Waals surface area contributed by atoms with Crippen molar-refractivity contribution in [2.75, 3.05) is 37.4 Å². The molecule has 1 aliphatic heterocycles. The van der Waals surface area contributed by atoms with Crippen molar-refractivity contribution in [1.29, 1.82) is 0 Å². The number of nitrogens with zero attached hydrogens (tertiary/aromatic N) is 2. The van der Waals surface area contributed by atoms with Crippen LogP contribution in [0.1, 0.15) is 12.0 Å². The van der Waals surface area contributed by atoms with Crippen LogP contribution in [-0.4, -0.2) is 45.8 Å². The molecule has 0 atom stereocenters. The summed E-state index contributed by atoms with van der Waals surface area (Å²) in [6.45, 7) is 0.977. The van der Waals surface area contributed by atoms with E-state index in [9.17, 15) is 13.2 Å². The van der Waals surface area contributed by atoms with Gasteiger partial charge in [-0.1, -0.05) is 29.8 Å². The number of aryl methyl sites for hydroxylation is 1. The molecule has 0 spiro atoms. The molecule has 1 aliphatic rings. The fourth-order valence-corrected chi connectivity index (χ4v) is 4.20. The highest BCUT2D eigenvalue weighted by Gasteiger charge is 2.21. The molecule has 2 aromatic carbocycles. The van der Waals surface area contributed by atoms with E-state index in [4.69, 9.17) is 11.6 Å². The quantitative estimate of drug-likeness (QED) is 0.827. The Morgan fingerprint density at radius 2 is 1.96 bits per heavy atom. The Bertz CT molecular complexity index is 960. The largest absolute Gasteiger partial charge is 0.362 e. The molecule has 0 aliphatic carbocycles. The van der Waals surface area contributed by atoms with E-state index in [0.29, 0.717) is 5.02 Å². The maximum absolute atomic E-state index is 12.6. The highest BCUT2D eigenvalue weighted by molar-refractivity contribution is 7.89. The molecular weight excluding hydrogens is 386 g/mol. The van der Waals surface area contributed by atoms with Crippen molar-refractivity contribution < 1.29 is 13.2 Å². The van der Waals surface area contributed by atoms with Crippen LogP contribution in [0.3, 0.4) is 0 Å². The van der Waals surface area contributed by atoms with Crippen LogP contribution in [0.4, 0.5) is 11.4 Å². The van der Waals surface area contributed by atoms with Crippen molar-refractivity contribution in [3.8, 4) is 0 Å². The average Bonchev–Trinajstić information content (AvgIpc) is 2.63. The van der Waals surface area contributed by atoms with Gasteiger partial charge in [0.05, 0.1) is 22.2 Å². The van der Waals surface area contributed by atoms with Crippen LogP contribution in [0, 0.1) is 0 Å². The van der Waals surface area contributed by atoms with Gasteiger partial charge in [0.1, 0.15) is 0 Å². The Kier molecular flexibility index (Phi) is 5.74. The second-order valence-electron chi connectivity index (χ2n) is 6.63. The summed E-state index contributed by atoms with van der Waals surface area (Å²) >= 11 is 6.16. The van der Waals surface area contributed by atoms with Crippen LogP contribution in [0.2, 0.25) is 5.02 Å². The lowest BCUT2D eigenvalue weighted by atomic mass is 10.0. The minimum Gasteiger partial charge on any atom is -0.362 e. The fraction of sp³-hybridized carbons (Fsp3) is 0.316. The summed E-state index contributed by atoms with van der Waals surface area (Å²) in [5, 5.41) is 3.04. The van der Waals surface area contributed by atoms with Crippen LogP contribution in [0.25, 0.3) is 0 Å². The zero-order valence-electron chi connectivity index (χ0n) is 15.3. The minimum absolute atomic E-state index is 0.0792. The van der Waals surface area contributed by atoms with Crippen molar-refractivity contribution >= 4 is 38.9 Å². The van der Waals surface area contributed by atoms with Gasteiger partial charge in [0.15, 0.2) is 0 Å². The van der Waals surface area contributed by atoms with E-state index in [1.54, 1.807) is 0 Å². The predicted octanol–water partition coefficient (Wildman–Crippen LogP) is 2.98. The first-order valence-electron chi connectivity index (χ1n) is 8.64. The molecular formula is C19H22ClN3O3S. The number of carbonyl (C=O) groups excluding carboxylic acids is 1. The van der Waals surface area contributed by atoms with Crippen molar-refractivity contribution in [3.05, 3.63) is 53.1 Å². The Labute approximate surface area is 164 Å². The molecule has 3 rings (SSSR count). The average molecular weight is 408 g/mol. The van der Waals surface area contributed by atoms with Gasteiger partial charge in [-0.3, -0.25) is 4.79 Å². The van der Waals surface area contributed by atoms with Crippen molar-refractivity contribution in [1.82, 2.24) is 4.31 Å². The number of amides is 1. The molecule has 1 N–H and O–H groups in total. The predicted molar refractivity (Wildman–Crippen MR) is 108 cm³/mol. The lowest BCUT2D eigenvalue weighted by Crippen LogP contribution is -2.36. The lowest BCUT2D eigenvalue weighted by Gasteiger charge is -2.30. The standard InChI is InChI=1S/C19H22ClN3O3S/c1-22(2)27(25,26)15-9-10-16(20)17(12-15)21-19(24)13-23-11-5-7-14-6-3-4-8-18(14)23/h3-4,6,8-10,12H,5,7,11,13H2,1-2H3,(H,21,24). The molecule has 0 aromatic heterocycles. The molecule has 0 fully saturated rings. The van der Waals surface area contributed by atoms with Crippen LogP contribution in [-0.2, 0) is 21.2 Å².